The molecule has 0 amide bonds. The highest BCUT2D eigenvalue weighted by atomic mass is 16.5. The summed E-state index contributed by atoms with van der Waals surface area (Å²) < 4.78 is 4.94. The molecule has 0 radical (unpaired) electrons. The number of carbonyl (C=O) groups is 2. The van der Waals surface area contributed by atoms with Gasteiger partial charge >= 0.3 is 0 Å². The standard InChI is InChI=1S/C10H10O3/c1-7-3-4-10(13-2)9(6-12)8(7)5-11/h3-6H,1-2H3. The zero-order valence-corrected chi connectivity index (χ0v) is 7.53. The van der Waals surface area contributed by atoms with Crippen molar-refractivity contribution in [2.24, 2.45) is 0 Å². The highest BCUT2D eigenvalue weighted by Gasteiger charge is 2.09. The SMILES string of the molecule is COc1ccc(C)c(C=O)c1C=O. The minimum absolute atomic E-state index is 0.317. The number of aldehydes is 2. The Morgan fingerprint density at radius 1 is 1.15 bits per heavy atom. The molecule has 0 saturated carbocycles. The van der Waals surface area contributed by atoms with Gasteiger partial charge in [0.05, 0.1) is 12.7 Å². The Kier molecular flexibility index (Phi) is 2.80. The summed E-state index contributed by atoms with van der Waals surface area (Å²) >= 11 is 0. The smallest absolute Gasteiger partial charge is 0.154 e. The van der Waals surface area contributed by atoms with Gasteiger partial charge in [0.2, 0.25) is 0 Å². The van der Waals surface area contributed by atoms with E-state index < -0.39 is 0 Å². The molecular weight excluding hydrogens is 168 g/mol. The van der Waals surface area contributed by atoms with Gasteiger partial charge in [0, 0.05) is 5.56 Å². The molecule has 3 heteroatoms. The lowest BCUT2D eigenvalue weighted by Crippen LogP contribution is -1.98. The molecule has 1 rings (SSSR count). The van der Waals surface area contributed by atoms with Crippen LogP contribution in [0.2, 0.25) is 0 Å². The fraction of sp³-hybridized carbons (Fsp3) is 0.200. The molecule has 0 spiro atoms. The maximum Gasteiger partial charge on any atom is 0.154 e. The molecule has 0 unspecified atom stereocenters. The average Bonchev–Trinajstić information content (AvgIpc) is 2.17. The van der Waals surface area contributed by atoms with Crippen LogP contribution in [0.15, 0.2) is 12.1 Å². The molecule has 13 heavy (non-hydrogen) atoms. The quantitative estimate of drug-likeness (QED) is 0.660. The molecule has 1 aromatic carbocycles. The number of hydrogen-bond acceptors (Lipinski definition) is 3. The minimum atomic E-state index is 0.317. The topological polar surface area (TPSA) is 43.4 Å². The van der Waals surface area contributed by atoms with Gasteiger partial charge < -0.3 is 4.74 Å². The van der Waals surface area contributed by atoms with Crippen molar-refractivity contribution in [1.82, 2.24) is 0 Å². The zero-order chi connectivity index (χ0) is 9.84. The predicted molar refractivity (Wildman–Crippen MR) is 48.5 cm³/mol. The van der Waals surface area contributed by atoms with Gasteiger partial charge in [-0.2, -0.15) is 0 Å². The fourth-order valence-corrected chi connectivity index (χ4v) is 1.18. The number of carbonyl (C=O) groups excluding carboxylic acids is 2. The molecular formula is C10H10O3. The van der Waals surface area contributed by atoms with Crippen molar-refractivity contribution in [3.63, 3.8) is 0 Å². The summed E-state index contributed by atoms with van der Waals surface area (Å²) in [4.78, 5) is 21.3. The molecule has 0 aliphatic rings. The zero-order valence-electron chi connectivity index (χ0n) is 7.53. The van der Waals surface area contributed by atoms with Crippen molar-refractivity contribution in [3.05, 3.63) is 28.8 Å². The number of methoxy groups -OCH3 is 1. The second-order valence-corrected chi connectivity index (χ2v) is 2.65. The van der Waals surface area contributed by atoms with Gasteiger partial charge in [-0.25, -0.2) is 0 Å². The minimum Gasteiger partial charge on any atom is -0.496 e. The van der Waals surface area contributed by atoms with Crippen LogP contribution in [0.4, 0.5) is 0 Å². The first-order valence-corrected chi connectivity index (χ1v) is 3.82. The lowest BCUT2D eigenvalue weighted by molar-refractivity contribution is 0.109. The molecule has 1 aromatic rings. The Bertz CT molecular complexity index is 342. The van der Waals surface area contributed by atoms with E-state index in [1.807, 2.05) is 0 Å². The van der Waals surface area contributed by atoms with Crippen LogP contribution in [0.3, 0.4) is 0 Å². The van der Waals surface area contributed by atoms with Crippen LogP contribution < -0.4 is 4.74 Å². The van der Waals surface area contributed by atoms with E-state index >= 15 is 0 Å². The molecule has 0 atom stereocenters. The van der Waals surface area contributed by atoms with Crippen molar-refractivity contribution in [2.45, 2.75) is 6.92 Å². The summed E-state index contributed by atoms with van der Waals surface area (Å²) in [5.41, 5.74) is 1.49. The molecule has 0 aliphatic heterocycles. The summed E-state index contributed by atoms with van der Waals surface area (Å²) in [7, 11) is 1.46. The van der Waals surface area contributed by atoms with Gasteiger partial charge in [-0.1, -0.05) is 6.07 Å². The van der Waals surface area contributed by atoms with Crippen molar-refractivity contribution in [3.8, 4) is 5.75 Å². The number of aryl methyl sites for hydroxylation is 1. The van der Waals surface area contributed by atoms with Gasteiger partial charge in [-0.15, -0.1) is 0 Å². The van der Waals surface area contributed by atoms with E-state index in [9.17, 15) is 9.59 Å². The van der Waals surface area contributed by atoms with Crippen LogP contribution in [0.1, 0.15) is 26.3 Å². The highest BCUT2D eigenvalue weighted by Crippen LogP contribution is 2.21. The van der Waals surface area contributed by atoms with Crippen LogP contribution in [0, 0.1) is 6.92 Å². The van der Waals surface area contributed by atoms with Gasteiger partial charge in [0.15, 0.2) is 12.6 Å². The van der Waals surface area contributed by atoms with Gasteiger partial charge in [-0.05, 0) is 18.6 Å². The van der Waals surface area contributed by atoms with E-state index in [4.69, 9.17) is 4.74 Å². The number of hydrogen-bond donors (Lipinski definition) is 0. The summed E-state index contributed by atoms with van der Waals surface area (Å²) in [5.74, 6) is 0.433. The van der Waals surface area contributed by atoms with Gasteiger partial charge in [-0.3, -0.25) is 9.59 Å². The Balaban J connectivity index is 3.44. The van der Waals surface area contributed by atoms with Crippen molar-refractivity contribution in [1.29, 1.82) is 0 Å². The molecule has 0 aliphatic carbocycles. The van der Waals surface area contributed by atoms with E-state index in [0.29, 0.717) is 29.4 Å². The molecule has 3 nitrogen and oxygen atoms in total. The van der Waals surface area contributed by atoms with E-state index in [2.05, 4.69) is 0 Å². The summed E-state index contributed by atoms with van der Waals surface area (Å²) in [5, 5.41) is 0. The maximum absolute atomic E-state index is 10.7. The lowest BCUT2D eigenvalue weighted by Gasteiger charge is -2.07. The largest absolute Gasteiger partial charge is 0.496 e. The monoisotopic (exact) mass is 178 g/mol. The summed E-state index contributed by atoms with van der Waals surface area (Å²) in [6.07, 6.45) is 1.30. The van der Waals surface area contributed by atoms with E-state index in [-0.39, 0.29) is 0 Å². The predicted octanol–water partition coefficient (Wildman–Crippen LogP) is 1.63. The molecule has 0 saturated heterocycles. The van der Waals surface area contributed by atoms with Crippen LogP contribution >= 0.6 is 0 Å². The Morgan fingerprint density at radius 2 is 1.77 bits per heavy atom. The first-order valence-electron chi connectivity index (χ1n) is 3.82. The van der Waals surface area contributed by atoms with E-state index in [1.54, 1.807) is 19.1 Å². The molecule has 0 N–H and O–H groups in total. The summed E-state index contributed by atoms with van der Waals surface area (Å²) in [6.45, 7) is 1.77. The maximum atomic E-state index is 10.7. The first-order chi connectivity index (χ1) is 6.24. The second kappa shape index (κ2) is 3.85. The third kappa shape index (κ3) is 1.59. The third-order valence-corrected chi connectivity index (χ3v) is 1.92. The third-order valence-electron chi connectivity index (χ3n) is 1.92. The number of rotatable bonds is 3. The second-order valence-electron chi connectivity index (χ2n) is 2.65. The Hall–Kier alpha value is -1.64. The fourth-order valence-electron chi connectivity index (χ4n) is 1.18. The van der Waals surface area contributed by atoms with Gasteiger partial charge in [0.25, 0.3) is 0 Å². The van der Waals surface area contributed by atoms with E-state index in [1.165, 1.54) is 7.11 Å². The van der Waals surface area contributed by atoms with Crippen LogP contribution in [0.5, 0.6) is 5.75 Å². The van der Waals surface area contributed by atoms with Crippen LogP contribution in [-0.2, 0) is 0 Å². The number of benzene rings is 1. The lowest BCUT2D eigenvalue weighted by atomic mass is 10.0. The number of ether oxygens (including phenoxy) is 1. The molecule has 0 heterocycles. The van der Waals surface area contributed by atoms with Crippen LogP contribution in [0.25, 0.3) is 0 Å². The van der Waals surface area contributed by atoms with Gasteiger partial charge in [0.1, 0.15) is 5.75 Å². The molecule has 0 bridgehead atoms. The first kappa shape index (κ1) is 9.45. The van der Waals surface area contributed by atoms with E-state index in [0.717, 1.165) is 5.56 Å². The highest BCUT2D eigenvalue weighted by molar-refractivity contribution is 5.94. The van der Waals surface area contributed by atoms with Crippen LogP contribution in [-0.4, -0.2) is 19.7 Å². The Morgan fingerprint density at radius 3 is 2.23 bits per heavy atom. The molecule has 68 valence electrons. The van der Waals surface area contributed by atoms with Crippen molar-refractivity contribution < 1.29 is 14.3 Å². The average molecular weight is 178 g/mol. The van der Waals surface area contributed by atoms with Crippen molar-refractivity contribution in [2.75, 3.05) is 7.11 Å². The summed E-state index contributed by atoms with van der Waals surface area (Å²) in [6, 6.07) is 3.42. The normalized spacial score (nSPS) is 9.38. The Labute approximate surface area is 76.3 Å². The van der Waals surface area contributed by atoms with Crippen molar-refractivity contribution >= 4 is 12.6 Å². The molecule has 0 fully saturated rings. The molecule has 0 aromatic heterocycles.